The highest BCUT2D eigenvalue weighted by atomic mass is 16.5. The van der Waals surface area contributed by atoms with Crippen LogP contribution < -0.4 is 15.4 Å². The predicted octanol–water partition coefficient (Wildman–Crippen LogP) is 3.27. The zero-order valence-electron chi connectivity index (χ0n) is 14.4. The van der Waals surface area contributed by atoms with Gasteiger partial charge >= 0.3 is 6.03 Å². The van der Waals surface area contributed by atoms with Crippen LogP contribution >= 0.6 is 0 Å². The van der Waals surface area contributed by atoms with E-state index >= 15 is 0 Å². The Hall–Kier alpha value is -2.53. The first-order chi connectivity index (χ1) is 12.3. The predicted molar refractivity (Wildman–Crippen MR) is 96.5 cm³/mol. The molecule has 1 aliphatic heterocycles. The molecule has 2 N–H and O–H groups in total. The van der Waals surface area contributed by atoms with Crippen molar-refractivity contribution in [2.45, 2.75) is 19.1 Å². The Bertz CT molecular complexity index is 673. The maximum Gasteiger partial charge on any atom is 0.315 e. The fourth-order valence-corrected chi connectivity index (χ4v) is 3.07. The lowest BCUT2D eigenvalue weighted by Crippen LogP contribution is -2.38. The average Bonchev–Trinajstić information content (AvgIpc) is 3.14. The summed E-state index contributed by atoms with van der Waals surface area (Å²) in [5.41, 5.74) is 2.20. The minimum absolute atomic E-state index is 0.0584. The summed E-state index contributed by atoms with van der Waals surface area (Å²) < 4.78 is 11.0. The molecule has 2 aromatic rings. The van der Waals surface area contributed by atoms with Gasteiger partial charge in [0.2, 0.25) is 0 Å². The van der Waals surface area contributed by atoms with Crippen molar-refractivity contribution in [1.29, 1.82) is 0 Å². The van der Waals surface area contributed by atoms with Crippen LogP contribution in [0.2, 0.25) is 0 Å². The molecule has 1 fully saturated rings. The van der Waals surface area contributed by atoms with Gasteiger partial charge in [-0.2, -0.15) is 0 Å². The number of hydrogen-bond acceptors (Lipinski definition) is 3. The molecule has 1 saturated heterocycles. The number of carbonyl (C=O) groups is 1. The topological polar surface area (TPSA) is 59.6 Å². The molecule has 0 spiro atoms. The minimum Gasteiger partial charge on any atom is -0.497 e. The molecule has 0 aliphatic carbocycles. The van der Waals surface area contributed by atoms with Crippen molar-refractivity contribution in [2.24, 2.45) is 5.92 Å². The number of carbonyl (C=O) groups excluding carboxylic acids is 1. The summed E-state index contributed by atoms with van der Waals surface area (Å²) >= 11 is 0. The largest absolute Gasteiger partial charge is 0.497 e. The molecule has 25 heavy (non-hydrogen) atoms. The molecule has 5 nitrogen and oxygen atoms in total. The molecule has 0 aromatic heterocycles. The standard InChI is InChI=1S/C20H24N2O3/c1-24-18-9-7-15(8-10-18)13-21-20(23)22-14-17-11-12-25-19(17)16-5-3-2-4-6-16/h2-10,17,19H,11-14H2,1H3,(H2,21,22,23)/t17-,19+/m1/s1. The Morgan fingerprint density at radius 3 is 2.60 bits per heavy atom. The van der Waals surface area contributed by atoms with E-state index in [2.05, 4.69) is 22.8 Å². The quantitative estimate of drug-likeness (QED) is 0.848. The van der Waals surface area contributed by atoms with Gasteiger partial charge in [0.15, 0.2) is 0 Å². The van der Waals surface area contributed by atoms with Gasteiger partial charge in [-0.15, -0.1) is 0 Å². The Labute approximate surface area is 148 Å². The van der Waals surface area contributed by atoms with E-state index < -0.39 is 0 Å². The van der Waals surface area contributed by atoms with Gasteiger partial charge < -0.3 is 20.1 Å². The molecular formula is C20H24N2O3. The van der Waals surface area contributed by atoms with Crippen LogP contribution in [0.25, 0.3) is 0 Å². The van der Waals surface area contributed by atoms with E-state index in [0.29, 0.717) is 19.0 Å². The summed E-state index contributed by atoms with van der Waals surface area (Å²) in [4.78, 5) is 12.1. The molecule has 1 aliphatic rings. The molecule has 5 heteroatoms. The highest BCUT2D eigenvalue weighted by Gasteiger charge is 2.29. The maximum atomic E-state index is 12.1. The number of hydrogen-bond donors (Lipinski definition) is 2. The summed E-state index contributed by atoms with van der Waals surface area (Å²) in [5, 5.41) is 5.85. The summed E-state index contributed by atoms with van der Waals surface area (Å²) in [7, 11) is 1.64. The number of ether oxygens (including phenoxy) is 2. The van der Waals surface area contributed by atoms with Crippen LogP contribution in [0.1, 0.15) is 23.7 Å². The van der Waals surface area contributed by atoms with Gasteiger partial charge in [0.1, 0.15) is 5.75 Å². The number of urea groups is 1. The van der Waals surface area contributed by atoms with E-state index in [9.17, 15) is 4.79 Å². The van der Waals surface area contributed by atoms with E-state index in [1.807, 2.05) is 42.5 Å². The van der Waals surface area contributed by atoms with Crippen molar-refractivity contribution < 1.29 is 14.3 Å². The molecule has 0 saturated carbocycles. The lowest BCUT2D eigenvalue weighted by Gasteiger charge is -2.19. The fraction of sp³-hybridized carbons (Fsp3) is 0.350. The SMILES string of the molecule is COc1ccc(CNC(=O)NC[C@H]2CCO[C@H]2c2ccccc2)cc1. The molecular weight excluding hydrogens is 316 g/mol. The minimum atomic E-state index is -0.158. The Morgan fingerprint density at radius 2 is 1.88 bits per heavy atom. The van der Waals surface area contributed by atoms with Crippen LogP contribution in [0, 0.1) is 5.92 Å². The monoisotopic (exact) mass is 340 g/mol. The third-order valence-corrected chi connectivity index (χ3v) is 4.48. The highest BCUT2D eigenvalue weighted by molar-refractivity contribution is 5.73. The summed E-state index contributed by atoms with van der Waals surface area (Å²) in [5.74, 6) is 1.11. The Kier molecular flexibility index (Phi) is 5.90. The van der Waals surface area contributed by atoms with Gasteiger partial charge in [-0.3, -0.25) is 0 Å². The van der Waals surface area contributed by atoms with Gasteiger partial charge in [0.25, 0.3) is 0 Å². The number of methoxy groups -OCH3 is 1. The molecule has 0 radical (unpaired) electrons. The zero-order chi connectivity index (χ0) is 17.5. The second-order valence-corrected chi connectivity index (χ2v) is 6.16. The summed E-state index contributed by atoms with van der Waals surface area (Å²) in [6.45, 7) is 1.83. The molecule has 2 aromatic carbocycles. The van der Waals surface area contributed by atoms with Crippen LogP contribution in [0.15, 0.2) is 54.6 Å². The van der Waals surface area contributed by atoms with E-state index in [0.717, 1.165) is 24.3 Å². The normalized spacial score (nSPS) is 19.4. The van der Waals surface area contributed by atoms with Crippen molar-refractivity contribution in [2.75, 3.05) is 20.3 Å². The first-order valence-corrected chi connectivity index (χ1v) is 8.57. The maximum absolute atomic E-state index is 12.1. The molecule has 2 amide bonds. The van der Waals surface area contributed by atoms with E-state index in [-0.39, 0.29) is 12.1 Å². The first-order valence-electron chi connectivity index (χ1n) is 8.57. The average molecular weight is 340 g/mol. The van der Waals surface area contributed by atoms with Crippen molar-refractivity contribution in [3.8, 4) is 5.75 Å². The van der Waals surface area contributed by atoms with Gasteiger partial charge in [-0.1, -0.05) is 42.5 Å². The lowest BCUT2D eigenvalue weighted by atomic mass is 9.95. The van der Waals surface area contributed by atoms with Crippen molar-refractivity contribution >= 4 is 6.03 Å². The molecule has 0 unspecified atom stereocenters. The molecule has 132 valence electrons. The third-order valence-electron chi connectivity index (χ3n) is 4.48. The summed E-state index contributed by atoms with van der Waals surface area (Å²) in [6.07, 6.45) is 1.02. The lowest BCUT2D eigenvalue weighted by molar-refractivity contribution is 0.0910. The zero-order valence-corrected chi connectivity index (χ0v) is 14.4. The molecule has 0 bridgehead atoms. The van der Waals surface area contributed by atoms with Gasteiger partial charge in [0, 0.05) is 25.6 Å². The second kappa shape index (κ2) is 8.53. The Morgan fingerprint density at radius 1 is 1.12 bits per heavy atom. The molecule has 2 atom stereocenters. The first kappa shape index (κ1) is 17.3. The molecule has 1 heterocycles. The van der Waals surface area contributed by atoms with E-state index in [1.54, 1.807) is 7.11 Å². The van der Waals surface area contributed by atoms with Crippen molar-refractivity contribution in [3.63, 3.8) is 0 Å². The number of rotatable bonds is 6. The van der Waals surface area contributed by atoms with Gasteiger partial charge in [-0.05, 0) is 29.7 Å². The molecule has 3 rings (SSSR count). The van der Waals surface area contributed by atoms with E-state index in [1.165, 1.54) is 5.56 Å². The van der Waals surface area contributed by atoms with Crippen molar-refractivity contribution in [1.82, 2.24) is 10.6 Å². The van der Waals surface area contributed by atoms with Crippen LogP contribution in [-0.4, -0.2) is 26.3 Å². The van der Waals surface area contributed by atoms with Crippen LogP contribution in [0.5, 0.6) is 5.75 Å². The van der Waals surface area contributed by atoms with E-state index in [4.69, 9.17) is 9.47 Å². The van der Waals surface area contributed by atoms with Crippen molar-refractivity contribution in [3.05, 3.63) is 65.7 Å². The summed E-state index contributed by atoms with van der Waals surface area (Å²) in [6, 6.07) is 17.7. The number of benzene rings is 2. The van der Waals surface area contributed by atoms with Crippen LogP contribution in [0.4, 0.5) is 4.79 Å². The van der Waals surface area contributed by atoms with Crippen LogP contribution in [0.3, 0.4) is 0 Å². The number of amides is 2. The number of nitrogens with one attached hydrogen (secondary N) is 2. The smallest absolute Gasteiger partial charge is 0.315 e. The highest BCUT2D eigenvalue weighted by Crippen LogP contribution is 2.33. The second-order valence-electron chi connectivity index (χ2n) is 6.16. The van der Waals surface area contributed by atoms with Crippen LogP contribution in [-0.2, 0) is 11.3 Å². The van der Waals surface area contributed by atoms with Gasteiger partial charge in [-0.25, -0.2) is 4.79 Å². The third kappa shape index (κ3) is 4.73. The Balaban J connectivity index is 1.45. The van der Waals surface area contributed by atoms with Gasteiger partial charge in [0.05, 0.1) is 13.2 Å². The fourth-order valence-electron chi connectivity index (χ4n) is 3.07.